The van der Waals surface area contributed by atoms with Crippen LogP contribution in [-0.2, 0) is 9.59 Å². The van der Waals surface area contributed by atoms with Gasteiger partial charge in [0.2, 0.25) is 0 Å². The van der Waals surface area contributed by atoms with Crippen molar-refractivity contribution in [2.24, 2.45) is 5.84 Å². The van der Waals surface area contributed by atoms with Gasteiger partial charge >= 0.3 is 0 Å². The van der Waals surface area contributed by atoms with Crippen LogP contribution in [0.2, 0.25) is 0 Å². The number of para-hydroxylation sites is 3. The van der Waals surface area contributed by atoms with Crippen molar-refractivity contribution >= 4 is 17.5 Å². The van der Waals surface area contributed by atoms with E-state index in [9.17, 15) is 9.59 Å². The first-order valence-electron chi connectivity index (χ1n) is 7.43. The van der Waals surface area contributed by atoms with Crippen LogP contribution in [0.1, 0.15) is 0 Å². The van der Waals surface area contributed by atoms with Crippen LogP contribution < -0.4 is 25.6 Å². The fourth-order valence-electron chi connectivity index (χ4n) is 2.44. The fourth-order valence-corrected chi connectivity index (χ4v) is 2.44. The van der Waals surface area contributed by atoms with Crippen molar-refractivity contribution in [2.45, 2.75) is 6.10 Å². The molecular weight excluding hydrogens is 310 g/mol. The molecule has 3 rings (SSSR count). The smallest absolute Gasteiger partial charge is 0.276 e. The highest BCUT2D eigenvalue weighted by atomic mass is 16.5. The second-order valence-electron chi connectivity index (χ2n) is 5.19. The Labute approximate surface area is 138 Å². The number of anilines is 1. The van der Waals surface area contributed by atoms with Crippen molar-refractivity contribution < 1.29 is 19.1 Å². The SMILES string of the molecule is NNC(=O)[C@@H]1CN(C(=O)COc2ccccc2)c2ccccc2O1. The van der Waals surface area contributed by atoms with Crippen LogP contribution in [-0.4, -0.2) is 31.1 Å². The van der Waals surface area contributed by atoms with E-state index in [-0.39, 0.29) is 19.1 Å². The molecule has 0 saturated heterocycles. The first-order valence-corrected chi connectivity index (χ1v) is 7.43. The molecule has 7 heteroatoms. The van der Waals surface area contributed by atoms with Crippen LogP contribution in [0.25, 0.3) is 0 Å². The van der Waals surface area contributed by atoms with E-state index in [1.54, 1.807) is 36.4 Å². The number of amides is 2. The number of ether oxygens (including phenoxy) is 2. The Morgan fingerprint density at radius 1 is 1.17 bits per heavy atom. The van der Waals surface area contributed by atoms with E-state index < -0.39 is 12.0 Å². The summed E-state index contributed by atoms with van der Waals surface area (Å²) in [7, 11) is 0. The first-order chi connectivity index (χ1) is 11.7. The lowest BCUT2D eigenvalue weighted by molar-refractivity contribution is -0.128. The normalized spacial score (nSPS) is 15.9. The van der Waals surface area contributed by atoms with Gasteiger partial charge in [-0.3, -0.25) is 15.0 Å². The van der Waals surface area contributed by atoms with E-state index in [2.05, 4.69) is 0 Å². The van der Waals surface area contributed by atoms with Crippen LogP contribution in [0.4, 0.5) is 5.69 Å². The third kappa shape index (κ3) is 3.31. The first kappa shape index (κ1) is 15.8. The van der Waals surface area contributed by atoms with Crippen molar-refractivity contribution in [1.82, 2.24) is 5.43 Å². The fraction of sp³-hybridized carbons (Fsp3) is 0.176. The van der Waals surface area contributed by atoms with Gasteiger partial charge in [0.15, 0.2) is 12.7 Å². The molecule has 7 nitrogen and oxygen atoms in total. The quantitative estimate of drug-likeness (QED) is 0.493. The van der Waals surface area contributed by atoms with Gasteiger partial charge < -0.3 is 14.4 Å². The third-order valence-corrected chi connectivity index (χ3v) is 3.61. The number of hydrogen-bond donors (Lipinski definition) is 2. The maximum atomic E-state index is 12.6. The maximum absolute atomic E-state index is 12.6. The van der Waals surface area contributed by atoms with Crippen molar-refractivity contribution in [2.75, 3.05) is 18.1 Å². The summed E-state index contributed by atoms with van der Waals surface area (Å²) >= 11 is 0. The van der Waals surface area contributed by atoms with Gasteiger partial charge in [-0.25, -0.2) is 5.84 Å². The predicted molar refractivity (Wildman–Crippen MR) is 87.5 cm³/mol. The zero-order valence-electron chi connectivity index (χ0n) is 12.8. The number of hydrazine groups is 1. The average Bonchev–Trinajstić information content (AvgIpc) is 2.65. The van der Waals surface area contributed by atoms with Crippen LogP contribution in [0.15, 0.2) is 54.6 Å². The van der Waals surface area contributed by atoms with E-state index in [1.807, 2.05) is 23.6 Å². The topological polar surface area (TPSA) is 93.9 Å². The number of rotatable bonds is 4. The van der Waals surface area contributed by atoms with Gasteiger partial charge in [-0.2, -0.15) is 0 Å². The van der Waals surface area contributed by atoms with E-state index >= 15 is 0 Å². The zero-order valence-corrected chi connectivity index (χ0v) is 12.8. The number of benzene rings is 2. The Morgan fingerprint density at radius 3 is 2.62 bits per heavy atom. The van der Waals surface area contributed by atoms with Crippen molar-refractivity contribution in [3.05, 3.63) is 54.6 Å². The molecule has 0 bridgehead atoms. The minimum atomic E-state index is -0.870. The monoisotopic (exact) mass is 327 g/mol. The molecule has 0 spiro atoms. The summed E-state index contributed by atoms with van der Waals surface area (Å²) in [6.45, 7) is -0.0770. The van der Waals surface area contributed by atoms with Gasteiger partial charge in [0.25, 0.3) is 11.8 Å². The predicted octanol–water partition coefficient (Wildman–Crippen LogP) is 0.850. The minimum absolute atomic E-state index is 0.0665. The molecule has 2 amide bonds. The molecule has 1 atom stereocenters. The number of nitrogens with one attached hydrogen (secondary N) is 1. The number of nitrogens with zero attached hydrogens (tertiary/aromatic N) is 1. The maximum Gasteiger partial charge on any atom is 0.276 e. The van der Waals surface area contributed by atoms with Crippen molar-refractivity contribution in [3.8, 4) is 11.5 Å². The zero-order chi connectivity index (χ0) is 16.9. The third-order valence-electron chi connectivity index (χ3n) is 3.61. The number of nitrogens with two attached hydrogens (primary N) is 1. The Hall–Kier alpha value is -3.06. The summed E-state index contributed by atoms with van der Waals surface area (Å²) in [6, 6.07) is 16.1. The van der Waals surface area contributed by atoms with Gasteiger partial charge in [0.05, 0.1) is 12.2 Å². The summed E-state index contributed by atoms with van der Waals surface area (Å²) in [6.07, 6.45) is -0.870. The molecule has 1 aliphatic rings. The number of carbonyl (C=O) groups excluding carboxylic acids is 2. The standard InChI is InChI=1S/C17H17N3O4/c18-19-17(22)15-10-20(13-8-4-5-9-14(13)24-15)16(21)11-23-12-6-2-1-3-7-12/h1-9,15H,10-11,18H2,(H,19,22)/t15-/m0/s1. The molecular formula is C17H17N3O4. The van der Waals surface area contributed by atoms with Crippen LogP contribution >= 0.6 is 0 Å². The Balaban J connectivity index is 1.77. The summed E-state index contributed by atoms with van der Waals surface area (Å²) in [4.78, 5) is 25.8. The van der Waals surface area contributed by atoms with E-state index in [1.165, 1.54) is 4.90 Å². The largest absolute Gasteiger partial charge is 0.484 e. The summed E-state index contributed by atoms with van der Waals surface area (Å²) in [5.41, 5.74) is 2.65. The Kier molecular flexibility index (Phi) is 4.62. The van der Waals surface area contributed by atoms with E-state index in [0.717, 1.165) is 0 Å². The number of hydrogen-bond acceptors (Lipinski definition) is 5. The van der Waals surface area contributed by atoms with E-state index in [4.69, 9.17) is 15.3 Å². The van der Waals surface area contributed by atoms with Gasteiger partial charge in [-0.15, -0.1) is 0 Å². The molecule has 0 saturated carbocycles. The van der Waals surface area contributed by atoms with Crippen LogP contribution in [0, 0.1) is 0 Å². The summed E-state index contributed by atoms with van der Waals surface area (Å²) < 4.78 is 11.1. The van der Waals surface area contributed by atoms with Gasteiger partial charge in [0.1, 0.15) is 11.5 Å². The van der Waals surface area contributed by atoms with Gasteiger partial charge in [-0.1, -0.05) is 30.3 Å². The highest BCUT2D eigenvalue weighted by molar-refractivity contribution is 5.98. The minimum Gasteiger partial charge on any atom is -0.484 e. The van der Waals surface area contributed by atoms with Crippen molar-refractivity contribution in [1.29, 1.82) is 0 Å². The average molecular weight is 327 g/mol. The van der Waals surface area contributed by atoms with Crippen LogP contribution in [0.5, 0.6) is 11.5 Å². The molecule has 0 aromatic heterocycles. The molecule has 24 heavy (non-hydrogen) atoms. The molecule has 124 valence electrons. The molecule has 0 aliphatic carbocycles. The van der Waals surface area contributed by atoms with E-state index in [0.29, 0.717) is 17.2 Å². The number of carbonyl (C=O) groups is 2. The molecule has 0 unspecified atom stereocenters. The molecule has 1 aliphatic heterocycles. The number of fused-ring (bicyclic) bond motifs is 1. The van der Waals surface area contributed by atoms with Crippen LogP contribution in [0.3, 0.4) is 0 Å². The second-order valence-corrected chi connectivity index (χ2v) is 5.19. The summed E-state index contributed by atoms with van der Waals surface area (Å²) in [5, 5.41) is 0. The van der Waals surface area contributed by atoms with Gasteiger partial charge in [0, 0.05) is 0 Å². The lowest BCUT2D eigenvalue weighted by Crippen LogP contribution is -2.53. The van der Waals surface area contributed by atoms with Gasteiger partial charge in [-0.05, 0) is 24.3 Å². The Morgan fingerprint density at radius 2 is 1.88 bits per heavy atom. The molecule has 3 N–H and O–H groups in total. The lowest BCUT2D eigenvalue weighted by Gasteiger charge is -2.33. The molecule has 0 radical (unpaired) electrons. The summed E-state index contributed by atoms with van der Waals surface area (Å²) in [5.74, 6) is 5.45. The highest BCUT2D eigenvalue weighted by Gasteiger charge is 2.33. The molecule has 2 aromatic rings. The van der Waals surface area contributed by atoms with Crippen molar-refractivity contribution in [3.63, 3.8) is 0 Å². The molecule has 0 fully saturated rings. The molecule has 1 heterocycles. The highest BCUT2D eigenvalue weighted by Crippen LogP contribution is 2.33. The lowest BCUT2D eigenvalue weighted by atomic mass is 10.1. The second kappa shape index (κ2) is 7.01. The molecule has 2 aromatic carbocycles. The Bertz CT molecular complexity index is 736.